The van der Waals surface area contributed by atoms with Gasteiger partial charge in [-0.15, -0.1) is 11.3 Å². The zero-order valence-corrected chi connectivity index (χ0v) is 13.6. The monoisotopic (exact) mass is 287 g/mol. The van der Waals surface area contributed by atoms with E-state index < -0.39 is 0 Å². The Bertz CT molecular complexity index is 496. The molecule has 0 bridgehead atoms. The molecule has 1 nitrogen and oxygen atoms in total. The van der Waals surface area contributed by atoms with Gasteiger partial charge >= 0.3 is 0 Å². The third kappa shape index (κ3) is 4.19. The van der Waals surface area contributed by atoms with Gasteiger partial charge < -0.3 is 5.32 Å². The van der Waals surface area contributed by atoms with Crippen LogP contribution in [0.2, 0.25) is 0 Å². The lowest BCUT2D eigenvalue weighted by molar-refractivity contribution is 0.506. The van der Waals surface area contributed by atoms with Gasteiger partial charge in [0.05, 0.1) is 0 Å². The Morgan fingerprint density at radius 2 is 1.80 bits per heavy atom. The fraction of sp³-hybridized carbons (Fsp3) is 0.444. The van der Waals surface area contributed by atoms with Gasteiger partial charge in [0, 0.05) is 10.9 Å². The molecule has 1 N–H and O–H groups in total. The first-order chi connectivity index (χ1) is 9.70. The molecule has 0 fully saturated rings. The summed E-state index contributed by atoms with van der Waals surface area (Å²) >= 11 is 1.86. The topological polar surface area (TPSA) is 12.0 Å². The average Bonchev–Trinajstić information content (AvgIpc) is 2.93. The molecular formula is C18H25NS. The third-order valence-corrected chi connectivity index (χ3v) is 4.70. The predicted molar refractivity (Wildman–Crippen MR) is 89.7 cm³/mol. The van der Waals surface area contributed by atoms with Gasteiger partial charge in [0.1, 0.15) is 0 Å². The Labute approximate surface area is 127 Å². The van der Waals surface area contributed by atoms with Gasteiger partial charge in [0.2, 0.25) is 0 Å². The molecule has 0 aliphatic carbocycles. The van der Waals surface area contributed by atoms with Gasteiger partial charge in [0.15, 0.2) is 0 Å². The van der Waals surface area contributed by atoms with E-state index in [9.17, 15) is 0 Å². The van der Waals surface area contributed by atoms with Crippen molar-refractivity contribution in [1.29, 1.82) is 0 Å². The van der Waals surface area contributed by atoms with Gasteiger partial charge in [-0.05, 0) is 67.8 Å². The number of benzene rings is 1. The smallest absolute Gasteiger partial charge is 0.0156 e. The molecule has 2 heteroatoms. The number of hydrogen-bond donors (Lipinski definition) is 1. The van der Waals surface area contributed by atoms with Gasteiger partial charge in [-0.1, -0.05) is 31.2 Å². The van der Waals surface area contributed by atoms with Crippen LogP contribution < -0.4 is 5.32 Å². The molecule has 1 heterocycles. The summed E-state index contributed by atoms with van der Waals surface area (Å²) < 4.78 is 0. The molecule has 0 saturated carbocycles. The SMILES string of the molecule is CCCNC(Cc1cccs1)Cc1c(C)cccc1C. The summed E-state index contributed by atoms with van der Waals surface area (Å²) in [7, 11) is 0. The second-order valence-electron chi connectivity index (χ2n) is 5.51. The molecule has 2 rings (SSSR count). The maximum absolute atomic E-state index is 3.72. The summed E-state index contributed by atoms with van der Waals surface area (Å²) in [6.45, 7) is 7.78. The first-order valence-corrected chi connectivity index (χ1v) is 8.39. The molecule has 0 radical (unpaired) electrons. The highest BCUT2D eigenvalue weighted by Crippen LogP contribution is 2.18. The van der Waals surface area contributed by atoms with Gasteiger partial charge in [0.25, 0.3) is 0 Å². The van der Waals surface area contributed by atoms with Crippen LogP contribution in [-0.4, -0.2) is 12.6 Å². The maximum atomic E-state index is 3.72. The molecule has 0 aliphatic heterocycles. The molecule has 0 aliphatic rings. The van der Waals surface area contributed by atoms with E-state index >= 15 is 0 Å². The van der Waals surface area contributed by atoms with E-state index in [2.05, 4.69) is 61.8 Å². The first kappa shape index (κ1) is 15.3. The lowest BCUT2D eigenvalue weighted by Crippen LogP contribution is -2.34. The lowest BCUT2D eigenvalue weighted by Gasteiger charge is -2.20. The van der Waals surface area contributed by atoms with Crippen molar-refractivity contribution in [2.45, 2.75) is 46.1 Å². The first-order valence-electron chi connectivity index (χ1n) is 7.51. The number of nitrogens with one attached hydrogen (secondary N) is 1. The van der Waals surface area contributed by atoms with E-state index in [1.165, 1.54) is 28.0 Å². The minimum atomic E-state index is 0.536. The van der Waals surface area contributed by atoms with E-state index in [4.69, 9.17) is 0 Å². The molecule has 108 valence electrons. The van der Waals surface area contributed by atoms with Crippen LogP contribution in [0.4, 0.5) is 0 Å². The normalized spacial score (nSPS) is 12.6. The van der Waals surface area contributed by atoms with Crippen LogP contribution in [0.1, 0.15) is 34.9 Å². The standard InChI is InChI=1S/C18H25NS/c1-4-10-19-16(12-17-9-6-11-20-17)13-18-14(2)7-5-8-15(18)3/h5-9,11,16,19H,4,10,12-13H2,1-3H3. The van der Waals surface area contributed by atoms with Crippen molar-refractivity contribution in [3.63, 3.8) is 0 Å². The highest BCUT2D eigenvalue weighted by atomic mass is 32.1. The maximum Gasteiger partial charge on any atom is 0.0156 e. The average molecular weight is 287 g/mol. The number of hydrogen-bond acceptors (Lipinski definition) is 2. The summed E-state index contributed by atoms with van der Waals surface area (Å²) in [5.41, 5.74) is 4.34. The summed E-state index contributed by atoms with van der Waals surface area (Å²) in [5, 5.41) is 5.89. The van der Waals surface area contributed by atoms with E-state index in [1.807, 2.05) is 11.3 Å². The van der Waals surface area contributed by atoms with Gasteiger partial charge in [-0.25, -0.2) is 0 Å². The molecule has 0 spiro atoms. The summed E-state index contributed by atoms with van der Waals surface area (Å²) in [6, 6.07) is 11.5. The molecule has 20 heavy (non-hydrogen) atoms. The van der Waals surface area contributed by atoms with Crippen molar-refractivity contribution in [3.8, 4) is 0 Å². The molecule has 1 unspecified atom stereocenters. The minimum Gasteiger partial charge on any atom is -0.313 e. The number of thiophene rings is 1. The van der Waals surface area contributed by atoms with Crippen LogP contribution in [0, 0.1) is 13.8 Å². The van der Waals surface area contributed by atoms with Crippen molar-refractivity contribution >= 4 is 11.3 Å². The fourth-order valence-corrected chi connectivity index (χ4v) is 3.44. The molecule has 2 aromatic rings. The second-order valence-corrected chi connectivity index (χ2v) is 6.54. The van der Waals surface area contributed by atoms with Crippen molar-refractivity contribution < 1.29 is 0 Å². The Kier molecular flexibility index (Phi) is 5.81. The quantitative estimate of drug-likeness (QED) is 0.789. The van der Waals surface area contributed by atoms with E-state index in [1.54, 1.807) is 0 Å². The summed E-state index contributed by atoms with van der Waals surface area (Å²) in [6.07, 6.45) is 3.44. The number of rotatable bonds is 7. The van der Waals surface area contributed by atoms with Crippen molar-refractivity contribution in [2.75, 3.05) is 6.54 Å². The van der Waals surface area contributed by atoms with Crippen molar-refractivity contribution in [2.24, 2.45) is 0 Å². The molecule has 1 aromatic carbocycles. The Morgan fingerprint density at radius 3 is 2.40 bits per heavy atom. The van der Waals surface area contributed by atoms with Gasteiger partial charge in [-0.3, -0.25) is 0 Å². The van der Waals surface area contributed by atoms with Crippen LogP contribution >= 0.6 is 11.3 Å². The highest BCUT2D eigenvalue weighted by Gasteiger charge is 2.13. The summed E-state index contributed by atoms with van der Waals surface area (Å²) in [4.78, 5) is 1.48. The van der Waals surface area contributed by atoms with Crippen LogP contribution in [0.5, 0.6) is 0 Å². The fourth-order valence-electron chi connectivity index (χ4n) is 2.65. The number of aryl methyl sites for hydroxylation is 2. The van der Waals surface area contributed by atoms with Crippen molar-refractivity contribution in [3.05, 3.63) is 57.3 Å². The van der Waals surface area contributed by atoms with Crippen LogP contribution in [0.25, 0.3) is 0 Å². The lowest BCUT2D eigenvalue weighted by atomic mass is 9.94. The summed E-state index contributed by atoms with van der Waals surface area (Å²) in [5.74, 6) is 0. The second kappa shape index (κ2) is 7.61. The van der Waals surface area contributed by atoms with Crippen LogP contribution in [0.15, 0.2) is 35.7 Å². The predicted octanol–water partition coefficient (Wildman–Crippen LogP) is 4.52. The molecule has 1 aromatic heterocycles. The van der Waals surface area contributed by atoms with E-state index in [-0.39, 0.29) is 0 Å². The van der Waals surface area contributed by atoms with E-state index in [0.29, 0.717) is 6.04 Å². The molecule has 0 saturated heterocycles. The molecule has 1 atom stereocenters. The van der Waals surface area contributed by atoms with Gasteiger partial charge in [-0.2, -0.15) is 0 Å². The third-order valence-electron chi connectivity index (χ3n) is 3.81. The van der Waals surface area contributed by atoms with Crippen LogP contribution in [0.3, 0.4) is 0 Å². The van der Waals surface area contributed by atoms with Crippen LogP contribution in [-0.2, 0) is 12.8 Å². The Hall–Kier alpha value is -1.12. The zero-order valence-electron chi connectivity index (χ0n) is 12.8. The molecular weight excluding hydrogens is 262 g/mol. The zero-order chi connectivity index (χ0) is 14.4. The van der Waals surface area contributed by atoms with Crippen molar-refractivity contribution in [1.82, 2.24) is 5.32 Å². The Morgan fingerprint density at radius 1 is 1.05 bits per heavy atom. The molecule has 0 amide bonds. The minimum absolute atomic E-state index is 0.536. The highest BCUT2D eigenvalue weighted by molar-refractivity contribution is 7.09. The largest absolute Gasteiger partial charge is 0.313 e. The Balaban J connectivity index is 2.10. The van der Waals surface area contributed by atoms with E-state index in [0.717, 1.165) is 19.4 Å².